The van der Waals surface area contributed by atoms with Crippen LogP contribution in [0.15, 0.2) is 47.8 Å². The normalized spacial score (nSPS) is 23.3. The van der Waals surface area contributed by atoms with Crippen molar-refractivity contribution < 1.29 is 23.9 Å². The van der Waals surface area contributed by atoms with E-state index in [0.717, 1.165) is 10.4 Å². The van der Waals surface area contributed by atoms with Crippen molar-refractivity contribution in [1.29, 1.82) is 0 Å². The van der Waals surface area contributed by atoms with Gasteiger partial charge in [-0.15, -0.1) is 11.3 Å². The van der Waals surface area contributed by atoms with Crippen molar-refractivity contribution in [2.24, 2.45) is 5.92 Å². The summed E-state index contributed by atoms with van der Waals surface area (Å²) in [6.07, 6.45) is -0.527. The number of hydrogen-bond donors (Lipinski definition) is 0. The predicted molar refractivity (Wildman–Crippen MR) is 120 cm³/mol. The smallest absolute Gasteiger partial charge is 0.416 e. The van der Waals surface area contributed by atoms with E-state index in [9.17, 15) is 14.4 Å². The lowest BCUT2D eigenvalue weighted by atomic mass is 9.92. The maximum Gasteiger partial charge on any atom is 0.416 e. The van der Waals surface area contributed by atoms with Crippen molar-refractivity contribution >= 4 is 29.4 Å². The van der Waals surface area contributed by atoms with E-state index in [1.165, 1.54) is 4.90 Å². The van der Waals surface area contributed by atoms with Crippen LogP contribution in [-0.4, -0.2) is 59.2 Å². The minimum atomic E-state index is -0.628. The number of carbonyl (C=O) groups is 3. The average Bonchev–Trinajstić information content (AvgIpc) is 3.47. The van der Waals surface area contributed by atoms with Gasteiger partial charge in [0.15, 0.2) is 0 Å². The van der Waals surface area contributed by atoms with Crippen LogP contribution in [0.1, 0.15) is 37.1 Å². The highest BCUT2D eigenvalue weighted by molar-refractivity contribution is 7.10. The maximum atomic E-state index is 13.7. The van der Waals surface area contributed by atoms with Crippen molar-refractivity contribution in [3.05, 3.63) is 58.3 Å². The first-order valence-electron chi connectivity index (χ1n) is 10.8. The number of rotatable bonds is 4. The van der Waals surface area contributed by atoms with Crippen LogP contribution in [0.3, 0.4) is 0 Å². The molecule has 2 fully saturated rings. The van der Waals surface area contributed by atoms with E-state index in [1.807, 2.05) is 68.6 Å². The molecule has 4 rings (SSSR count). The quantitative estimate of drug-likeness (QED) is 0.686. The Morgan fingerprint density at radius 3 is 2.53 bits per heavy atom. The van der Waals surface area contributed by atoms with Gasteiger partial charge in [-0.05, 0) is 44.2 Å². The van der Waals surface area contributed by atoms with Crippen LogP contribution >= 0.6 is 11.3 Å². The van der Waals surface area contributed by atoms with E-state index >= 15 is 0 Å². The first-order chi connectivity index (χ1) is 15.2. The SMILES string of the molecule is CC(C)(C)OC(=O)N1C[C@@H](C(=O)N2C(=O)OC[C@H]2Cc2ccccc2)[C@H](c2cccs2)C1. The predicted octanol–water partition coefficient (Wildman–Crippen LogP) is 4.29. The highest BCUT2D eigenvalue weighted by atomic mass is 32.1. The number of carbonyl (C=O) groups excluding carboxylic acids is 3. The van der Waals surface area contributed by atoms with E-state index in [-0.39, 0.29) is 31.0 Å². The molecule has 2 aliphatic rings. The molecule has 1 aromatic carbocycles. The summed E-state index contributed by atoms with van der Waals surface area (Å²) in [6.45, 7) is 6.19. The molecule has 170 valence electrons. The largest absolute Gasteiger partial charge is 0.447 e. The van der Waals surface area contributed by atoms with Gasteiger partial charge in [0.25, 0.3) is 0 Å². The lowest BCUT2D eigenvalue weighted by Crippen LogP contribution is -2.45. The Kier molecular flexibility index (Phi) is 6.24. The maximum absolute atomic E-state index is 13.7. The van der Waals surface area contributed by atoms with Crippen molar-refractivity contribution in [3.63, 3.8) is 0 Å². The van der Waals surface area contributed by atoms with Gasteiger partial charge in [-0.25, -0.2) is 14.5 Å². The number of hydrogen-bond acceptors (Lipinski definition) is 6. The molecule has 32 heavy (non-hydrogen) atoms. The molecule has 0 unspecified atom stereocenters. The molecule has 8 heteroatoms. The van der Waals surface area contributed by atoms with Gasteiger partial charge in [-0.2, -0.15) is 0 Å². The molecule has 0 aliphatic carbocycles. The fraction of sp³-hybridized carbons (Fsp3) is 0.458. The number of nitrogens with zero attached hydrogens (tertiary/aromatic N) is 2. The summed E-state index contributed by atoms with van der Waals surface area (Å²) >= 11 is 1.55. The molecule has 0 radical (unpaired) electrons. The number of ether oxygens (including phenoxy) is 2. The summed E-state index contributed by atoms with van der Waals surface area (Å²) in [5.74, 6) is -1.02. The molecule has 2 saturated heterocycles. The van der Waals surface area contributed by atoms with Crippen LogP contribution in [0, 0.1) is 5.92 Å². The van der Waals surface area contributed by atoms with Gasteiger partial charge in [0.2, 0.25) is 5.91 Å². The van der Waals surface area contributed by atoms with Gasteiger partial charge < -0.3 is 14.4 Å². The van der Waals surface area contributed by atoms with E-state index in [1.54, 1.807) is 16.2 Å². The van der Waals surface area contributed by atoms with Crippen LogP contribution in [-0.2, 0) is 20.7 Å². The van der Waals surface area contributed by atoms with E-state index in [2.05, 4.69) is 0 Å². The monoisotopic (exact) mass is 456 g/mol. The van der Waals surface area contributed by atoms with Gasteiger partial charge in [0, 0.05) is 23.9 Å². The van der Waals surface area contributed by atoms with Gasteiger partial charge in [0.05, 0.1) is 12.0 Å². The Morgan fingerprint density at radius 2 is 1.88 bits per heavy atom. The molecule has 0 saturated carbocycles. The minimum Gasteiger partial charge on any atom is -0.447 e. The number of likely N-dealkylation sites (tertiary alicyclic amines) is 1. The summed E-state index contributed by atoms with van der Waals surface area (Å²) in [4.78, 5) is 42.8. The highest BCUT2D eigenvalue weighted by Gasteiger charge is 2.48. The lowest BCUT2D eigenvalue weighted by molar-refractivity contribution is -0.133. The Labute approximate surface area is 191 Å². The lowest BCUT2D eigenvalue weighted by Gasteiger charge is -2.25. The number of cyclic esters (lactones) is 1. The number of benzene rings is 1. The minimum absolute atomic E-state index is 0.172. The van der Waals surface area contributed by atoms with Gasteiger partial charge in [0.1, 0.15) is 12.2 Å². The van der Waals surface area contributed by atoms with Crippen molar-refractivity contribution in [1.82, 2.24) is 9.80 Å². The Hall–Kier alpha value is -2.87. The Balaban J connectivity index is 1.56. The van der Waals surface area contributed by atoms with Crippen molar-refractivity contribution in [2.75, 3.05) is 19.7 Å². The molecule has 7 nitrogen and oxygen atoms in total. The number of imide groups is 1. The van der Waals surface area contributed by atoms with Crippen LogP contribution in [0.25, 0.3) is 0 Å². The summed E-state index contributed by atoms with van der Waals surface area (Å²) in [6, 6.07) is 13.3. The second kappa shape index (κ2) is 8.94. The first-order valence-corrected chi connectivity index (χ1v) is 11.7. The third kappa shape index (κ3) is 4.80. The van der Waals surface area contributed by atoms with E-state index in [0.29, 0.717) is 13.0 Å². The summed E-state index contributed by atoms with van der Waals surface area (Å²) < 4.78 is 10.8. The van der Waals surface area contributed by atoms with Gasteiger partial charge in [-0.3, -0.25) is 4.79 Å². The molecule has 0 spiro atoms. The standard InChI is InChI=1S/C24H28N2O5S/c1-24(2,3)31-22(28)25-13-18(20-10-7-11-32-20)19(14-25)21(27)26-17(15-30-23(26)29)12-16-8-5-4-6-9-16/h4-11,17-19H,12-15H2,1-3H3/t17-,18-,19-/m1/s1. The zero-order valence-electron chi connectivity index (χ0n) is 18.5. The topological polar surface area (TPSA) is 76.2 Å². The molecule has 1 aromatic heterocycles. The first kappa shape index (κ1) is 22.3. The van der Waals surface area contributed by atoms with Crippen LogP contribution in [0.2, 0.25) is 0 Å². The van der Waals surface area contributed by atoms with Crippen LogP contribution in [0.5, 0.6) is 0 Å². The summed E-state index contributed by atoms with van der Waals surface area (Å²) in [5, 5.41) is 1.95. The molecular weight excluding hydrogens is 428 g/mol. The third-order valence-electron chi connectivity index (χ3n) is 5.71. The molecule has 3 heterocycles. The van der Waals surface area contributed by atoms with Gasteiger partial charge in [-0.1, -0.05) is 36.4 Å². The molecule has 0 N–H and O–H groups in total. The van der Waals surface area contributed by atoms with Crippen LogP contribution in [0.4, 0.5) is 9.59 Å². The fourth-order valence-electron chi connectivity index (χ4n) is 4.27. The number of thiophene rings is 1. The van der Waals surface area contributed by atoms with Crippen LogP contribution < -0.4 is 0 Å². The zero-order chi connectivity index (χ0) is 22.9. The second-order valence-corrected chi connectivity index (χ2v) is 10.2. The zero-order valence-corrected chi connectivity index (χ0v) is 19.3. The van der Waals surface area contributed by atoms with E-state index in [4.69, 9.17) is 9.47 Å². The Morgan fingerprint density at radius 1 is 1.12 bits per heavy atom. The van der Waals surface area contributed by atoms with Crippen molar-refractivity contribution in [2.45, 2.75) is 44.8 Å². The molecule has 2 aromatic rings. The number of amides is 3. The highest BCUT2D eigenvalue weighted by Crippen LogP contribution is 2.38. The average molecular weight is 457 g/mol. The third-order valence-corrected chi connectivity index (χ3v) is 6.71. The summed E-state index contributed by atoms with van der Waals surface area (Å²) in [5.41, 5.74) is 0.405. The van der Waals surface area contributed by atoms with Gasteiger partial charge >= 0.3 is 12.2 Å². The second-order valence-electron chi connectivity index (χ2n) is 9.24. The molecule has 0 bridgehead atoms. The molecular formula is C24H28N2O5S. The molecule has 3 amide bonds. The van der Waals surface area contributed by atoms with Crippen molar-refractivity contribution in [3.8, 4) is 0 Å². The van der Waals surface area contributed by atoms with E-state index < -0.39 is 23.7 Å². The molecule has 2 aliphatic heterocycles. The Bertz CT molecular complexity index is 970. The summed E-state index contributed by atoms with van der Waals surface area (Å²) in [7, 11) is 0. The molecule has 3 atom stereocenters. The fourth-order valence-corrected chi connectivity index (χ4v) is 5.15.